The van der Waals surface area contributed by atoms with E-state index in [0.717, 1.165) is 12.8 Å². The number of rotatable bonds is 4. The second kappa shape index (κ2) is 7.44. The highest BCUT2D eigenvalue weighted by molar-refractivity contribution is 5.84. The Bertz CT molecular complexity index is 393. The lowest BCUT2D eigenvalue weighted by Crippen LogP contribution is -2.55. The van der Waals surface area contributed by atoms with Gasteiger partial charge in [0.25, 0.3) is 0 Å². The standard InChI is InChI=1S/C17H33N3O2/c1-12-9-8-10-13(2)20(12)16(22)14(3)19(7)11-15(21)18-17(4,5)6/h12-14H,8-11H2,1-7H3,(H,18,21)/t12-,13+,14-/m1/s1. The Hall–Kier alpha value is -1.10. The molecule has 1 aliphatic rings. The smallest absolute Gasteiger partial charge is 0.240 e. The topological polar surface area (TPSA) is 52.7 Å². The highest BCUT2D eigenvalue weighted by Gasteiger charge is 2.33. The monoisotopic (exact) mass is 311 g/mol. The molecule has 1 fully saturated rings. The summed E-state index contributed by atoms with van der Waals surface area (Å²) in [6, 6.07) is 0.291. The maximum Gasteiger partial charge on any atom is 0.240 e. The van der Waals surface area contributed by atoms with E-state index in [4.69, 9.17) is 0 Å². The summed E-state index contributed by atoms with van der Waals surface area (Å²) in [7, 11) is 1.84. The molecule has 0 radical (unpaired) electrons. The summed E-state index contributed by atoms with van der Waals surface area (Å²) in [5, 5.41) is 2.94. The van der Waals surface area contributed by atoms with Gasteiger partial charge in [0.15, 0.2) is 0 Å². The molecule has 1 heterocycles. The van der Waals surface area contributed by atoms with Crippen LogP contribution in [0.1, 0.15) is 60.8 Å². The number of likely N-dealkylation sites (N-methyl/N-ethyl adjacent to an activating group) is 1. The van der Waals surface area contributed by atoms with Crippen LogP contribution < -0.4 is 5.32 Å². The third-order valence-corrected chi connectivity index (χ3v) is 4.37. The summed E-state index contributed by atoms with van der Waals surface area (Å²) in [5.74, 6) is 0.0835. The van der Waals surface area contributed by atoms with E-state index in [9.17, 15) is 9.59 Å². The first-order valence-corrected chi connectivity index (χ1v) is 8.36. The van der Waals surface area contributed by atoms with Crippen LogP contribution in [-0.2, 0) is 9.59 Å². The van der Waals surface area contributed by atoms with Gasteiger partial charge in [-0.05, 0) is 67.9 Å². The fraction of sp³-hybridized carbons (Fsp3) is 0.882. The van der Waals surface area contributed by atoms with Gasteiger partial charge < -0.3 is 10.2 Å². The Labute approximate surface area is 135 Å². The fourth-order valence-electron chi connectivity index (χ4n) is 3.08. The van der Waals surface area contributed by atoms with Crippen molar-refractivity contribution in [3.8, 4) is 0 Å². The Kier molecular flexibility index (Phi) is 6.41. The maximum absolute atomic E-state index is 12.8. The van der Waals surface area contributed by atoms with E-state index in [0.29, 0.717) is 0 Å². The second-order valence-corrected chi connectivity index (χ2v) is 7.76. The van der Waals surface area contributed by atoms with Gasteiger partial charge in [-0.25, -0.2) is 0 Å². The molecule has 3 atom stereocenters. The van der Waals surface area contributed by atoms with Crippen molar-refractivity contribution in [3.63, 3.8) is 0 Å². The van der Waals surface area contributed by atoms with Crippen LogP contribution in [0.3, 0.4) is 0 Å². The number of carbonyl (C=O) groups is 2. The molecule has 5 heteroatoms. The molecule has 0 saturated carbocycles. The van der Waals surface area contributed by atoms with Gasteiger partial charge in [-0.1, -0.05) is 0 Å². The average Bonchev–Trinajstić information content (AvgIpc) is 2.34. The van der Waals surface area contributed by atoms with Crippen LogP contribution in [0.15, 0.2) is 0 Å². The van der Waals surface area contributed by atoms with E-state index in [1.54, 1.807) is 0 Å². The van der Waals surface area contributed by atoms with Gasteiger partial charge in [0.05, 0.1) is 12.6 Å². The lowest BCUT2D eigenvalue weighted by Gasteiger charge is -2.41. The molecule has 1 aliphatic heterocycles. The highest BCUT2D eigenvalue weighted by atomic mass is 16.2. The number of piperidine rings is 1. The van der Waals surface area contributed by atoms with Crippen molar-refractivity contribution in [2.45, 2.75) is 84.5 Å². The molecular formula is C17H33N3O2. The molecule has 0 aromatic heterocycles. The molecule has 22 heavy (non-hydrogen) atoms. The summed E-state index contributed by atoms with van der Waals surface area (Å²) in [6.07, 6.45) is 3.32. The van der Waals surface area contributed by atoms with Crippen LogP contribution in [0, 0.1) is 0 Å². The molecule has 1 saturated heterocycles. The summed E-state index contributed by atoms with van der Waals surface area (Å²) in [5.41, 5.74) is -0.249. The normalized spacial score (nSPS) is 24.3. The Morgan fingerprint density at radius 1 is 1.23 bits per heavy atom. The molecule has 5 nitrogen and oxygen atoms in total. The first-order valence-electron chi connectivity index (χ1n) is 8.36. The Morgan fingerprint density at radius 3 is 2.18 bits per heavy atom. The Balaban J connectivity index is 2.63. The SMILES string of the molecule is C[C@H](C(=O)N1[C@H](C)CCC[C@@H]1C)N(C)CC(=O)NC(C)(C)C. The van der Waals surface area contributed by atoms with E-state index >= 15 is 0 Å². The summed E-state index contributed by atoms with van der Waals surface area (Å²) in [4.78, 5) is 28.6. The van der Waals surface area contributed by atoms with Crippen molar-refractivity contribution < 1.29 is 9.59 Å². The molecule has 0 bridgehead atoms. The predicted octanol–water partition coefficient (Wildman–Crippen LogP) is 2.01. The summed E-state index contributed by atoms with van der Waals surface area (Å²) < 4.78 is 0. The van der Waals surface area contributed by atoms with Gasteiger partial charge >= 0.3 is 0 Å². The number of hydrogen-bond acceptors (Lipinski definition) is 3. The van der Waals surface area contributed by atoms with Gasteiger partial charge in [0.2, 0.25) is 11.8 Å². The number of nitrogens with one attached hydrogen (secondary N) is 1. The van der Waals surface area contributed by atoms with Crippen molar-refractivity contribution in [1.29, 1.82) is 0 Å². The summed E-state index contributed by atoms with van der Waals surface area (Å²) in [6.45, 7) is 12.2. The lowest BCUT2D eigenvalue weighted by molar-refractivity contribution is -0.142. The van der Waals surface area contributed by atoms with E-state index in [-0.39, 0.29) is 42.0 Å². The van der Waals surface area contributed by atoms with Crippen molar-refractivity contribution in [2.24, 2.45) is 0 Å². The van der Waals surface area contributed by atoms with Crippen molar-refractivity contribution in [1.82, 2.24) is 15.1 Å². The minimum atomic E-state index is -0.284. The molecule has 1 N–H and O–H groups in total. The van der Waals surface area contributed by atoms with E-state index < -0.39 is 0 Å². The molecule has 128 valence electrons. The first kappa shape index (κ1) is 18.9. The highest BCUT2D eigenvalue weighted by Crippen LogP contribution is 2.23. The molecule has 2 amide bonds. The number of likely N-dealkylation sites (tertiary alicyclic amines) is 1. The largest absolute Gasteiger partial charge is 0.350 e. The van der Waals surface area contributed by atoms with Crippen LogP contribution in [-0.4, -0.2) is 58.9 Å². The quantitative estimate of drug-likeness (QED) is 0.864. The summed E-state index contributed by atoms with van der Waals surface area (Å²) >= 11 is 0. The van der Waals surface area contributed by atoms with Gasteiger partial charge in [-0.3, -0.25) is 14.5 Å². The molecule has 0 spiro atoms. The van der Waals surface area contributed by atoms with Gasteiger partial charge in [-0.15, -0.1) is 0 Å². The third-order valence-electron chi connectivity index (χ3n) is 4.37. The Morgan fingerprint density at radius 2 is 1.73 bits per heavy atom. The third kappa shape index (κ3) is 5.27. The zero-order valence-corrected chi connectivity index (χ0v) is 15.3. The van der Waals surface area contributed by atoms with E-state index in [2.05, 4.69) is 19.2 Å². The van der Waals surface area contributed by atoms with Gasteiger partial charge in [0.1, 0.15) is 0 Å². The number of hydrogen-bond donors (Lipinski definition) is 1. The van der Waals surface area contributed by atoms with Crippen LogP contribution in [0.5, 0.6) is 0 Å². The van der Waals surface area contributed by atoms with E-state index in [1.807, 2.05) is 44.5 Å². The van der Waals surface area contributed by atoms with Gasteiger partial charge in [0, 0.05) is 17.6 Å². The van der Waals surface area contributed by atoms with Crippen LogP contribution in [0.4, 0.5) is 0 Å². The first-order chi connectivity index (χ1) is 10.0. The number of amides is 2. The van der Waals surface area contributed by atoms with Crippen LogP contribution in [0.25, 0.3) is 0 Å². The molecular weight excluding hydrogens is 278 g/mol. The van der Waals surface area contributed by atoms with Crippen molar-refractivity contribution >= 4 is 11.8 Å². The molecule has 0 aromatic carbocycles. The van der Waals surface area contributed by atoms with Crippen LogP contribution >= 0.6 is 0 Å². The number of carbonyl (C=O) groups excluding carboxylic acids is 2. The van der Waals surface area contributed by atoms with E-state index in [1.165, 1.54) is 6.42 Å². The molecule has 0 unspecified atom stereocenters. The van der Waals surface area contributed by atoms with Crippen molar-refractivity contribution in [3.05, 3.63) is 0 Å². The zero-order valence-electron chi connectivity index (χ0n) is 15.3. The maximum atomic E-state index is 12.8. The molecule has 1 rings (SSSR count). The predicted molar refractivity (Wildman–Crippen MR) is 89.6 cm³/mol. The van der Waals surface area contributed by atoms with Gasteiger partial charge in [-0.2, -0.15) is 0 Å². The van der Waals surface area contributed by atoms with Crippen molar-refractivity contribution in [2.75, 3.05) is 13.6 Å². The van der Waals surface area contributed by atoms with Crippen LogP contribution in [0.2, 0.25) is 0 Å². The second-order valence-electron chi connectivity index (χ2n) is 7.76. The minimum Gasteiger partial charge on any atom is -0.350 e. The fourth-order valence-corrected chi connectivity index (χ4v) is 3.08. The number of nitrogens with zero attached hydrogens (tertiary/aromatic N) is 2. The minimum absolute atomic E-state index is 0.0469. The molecule has 0 aromatic rings. The lowest BCUT2D eigenvalue weighted by atomic mass is 9.96. The average molecular weight is 311 g/mol. The zero-order chi connectivity index (χ0) is 17.1. The molecule has 0 aliphatic carbocycles.